The Bertz CT molecular complexity index is 1110. The zero-order chi connectivity index (χ0) is 24.9. The van der Waals surface area contributed by atoms with E-state index in [0.29, 0.717) is 24.3 Å². The fraction of sp³-hybridized carbons (Fsp3) is 0.357. The number of likely N-dealkylation sites (N-methyl/N-ethyl adjacent to an activating group) is 1. The van der Waals surface area contributed by atoms with Gasteiger partial charge in [-0.15, -0.1) is 0 Å². The Hall–Kier alpha value is -2.94. The van der Waals surface area contributed by atoms with E-state index in [2.05, 4.69) is 6.92 Å². The molecule has 0 radical (unpaired) electrons. The average molecular weight is 479 g/mol. The number of ether oxygens (including phenoxy) is 2. The van der Waals surface area contributed by atoms with Crippen LogP contribution in [0.15, 0.2) is 72.8 Å². The third-order valence-electron chi connectivity index (χ3n) is 6.54. The zero-order valence-electron chi connectivity index (χ0n) is 20.1. The molecule has 3 aromatic rings. The first-order chi connectivity index (χ1) is 16.8. The molecule has 4 rings (SSSR count). The van der Waals surface area contributed by atoms with Crippen molar-refractivity contribution in [2.45, 2.75) is 38.1 Å². The number of phenolic OH excluding ortho intramolecular Hbond substituents is 1. The predicted molar refractivity (Wildman–Crippen MR) is 134 cm³/mol. The third kappa shape index (κ3) is 6.20. The number of hydrogen-bond donors (Lipinski definition) is 4. The lowest BCUT2D eigenvalue weighted by Crippen LogP contribution is -2.44. The number of aliphatic hydroxyl groups excluding tert-OH is 2. The van der Waals surface area contributed by atoms with Gasteiger partial charge in [0.1, 0.15) is 5.75 Å². The van der Waals surface area contributed by atoms with Gasteiger partial charge in [-0.2, -0.15) is 0 Å². The third-order valence-corrected chi connectivity index (χ3v) is 6.54. The summed E-state index contributed by atoms with van der Waals surface area (Å²) in [4.78, 5) is 2.03. The summed E-state index contributed by atoms with van der Waals surface area (Å²) >= 11 is 0. The fourth-order valence-electron chi connectivity index (χ4n) is 4.55. The standard InChI is InChI=1S/C28H34N2O5/c1-18-26(16-30(2)15-25(33)21-5-4-8-24(32)14-21)34-28(22-6-3-7-23(29)13-22)35-27(18)20-11-9-19(17-31)10-12-20/h3-14,18,25-28,31-33H,15-17,29H2,1-2H3/t18-,25+,26+,27+,28?/m0/s1. The molecule has 1 aliphatic rings. The second-order valence-electron chi connectivity index (χ2n) is 9.32. The van der Waals surface area contributed by atoms with E-state index in [9.17, 15) is 15.3 Å². The van der Waals surface area contributed by atoms with Gasteiger partial charge in [0.15, 0.2) is 6.29 Å². The number of anilines is 1. The molecule has 3 aromatic carbocycles. The van der Waals surface area contributed by atoms with Crippen LogP contribution in [0.25, 0.3) is 0 Å². The van der Waals surface area contributed by atoms with Crippen LogP contribution in [0.3, 0.4) is 0 Å². The SMILES string of the molecule is C[C@H]1[C@@H](CN(C)C[C@@H](O)c2cccc(O)c2)OC(c2cccc(N)c2)O[C@H]1c1ccc(CO)cc1. The van der Waals surface area contributed by atoms with E-state index in [1.807, 2.05) is 60.5 Å². The number of phenols is 1. The summed E-state index contributed by atoms with van der Waals surface area (Å²) in [5, 5.41) is 29.9. The summed E-state index contributed by atoms with van der Waals surface area (Å²) in [6.07, 6.45) is -1.74. The van der Waals surface area contributed by atoms with E-state index in [1.54, 1.807) is 24.3 Å². The molecule has 1 unspecified atom stereocenters. The number of nitrogen functional groups attached to an aromatic ring is 1. The van der Waals surface area contributed by atoms with Crippen LogP contribution in [-0.4, -0.2) is 46.5 Å². The molecule has 0 saturated carbocycles. The van der Waals surface area contributed by atoms with E-state index >= 15 is 0 Å². The molecule has 7 nitrogen and oxygen atoms in total. The molecule has 186 valence electrons. The molecular weight excluding hydrogens is 444 g/mol. The number of aliphatic hydroxyl groups is 2. The normalized spacial score (nSPS) is 23.3. The first-order valence-corrected chi connectivity index (χ1v) is 11.9. The van der Waals surface area contributed by atoms with Gasteiger partial charge in [0.25, 0.3) is 0 Å². The summed E-state index contributed by atoms with van der Waals surface area (Å²) in [5.74, 6) is 0.151. The van der Waals surface area contributed by atoms with Gasteiger partial charge in [-0.05, 0) is 48.0 Å². The topological polar surface area (TPSA) is 108 Å². The van der Waals surface area contributed by atoms with Crippen LogP contribution >= 0.6 is 0 Å². The summed E-state index contributed by atoms with van der Waals surface area (Å²) in [5.41, 5.74) is 10.0. The van der Waals surface area contributed by atoms with Crippen LogP contribution in [0, 0.1) is 5.92 Å². The Morgan fingerprint density at radius 1 is 0.971 bits per heavy atom. The number of aromatic hydroxyl groups is 1. The van der Waals surface area contributed by atoms with Gasteiger partial charge in [0.05, 0.1) is 24.9 Å². The molecule has 0 spiro atoms. The highest BCUT2D eigenvalue weighted by atomic mass is 16.7. The van der Waals surface area contributed by atoms with E-state index < -0.39 is 12.4 Å². The molecule has 7 heteroatoms. The monoisotopic (exact) mass is 478 g/mol. The highest BCUT2D eigenvalue weighted by Crippen LogP contribution is 2.42. The van der Waals surface area contributed by atoms with Gasteiger partial charge in [0.2, 0.25) is 0 Å². The molecule has 1 heterocycles. The van der Waals surface area contributed by atoms with E-state index in [1.165, 1.54) is 0 Å². The van der Waals surface area contributed by atoms with Crippen molar-refractivity contribution in [3.63, 3.8) is 0 Å². The van der Waals surface area contributed by atoms with Crippen molar-refractivity contribution in [1.82, 2.24) is 4.90 Å². The molecule has 0 aliphatic carbocycles. The first-order valence-electron chi connectivity index (χ1n) is 11.9. The van der Waals surface area contributed by atoms with Gasteiger partial charge >= 0.3 is 0 Å². The minimum atomic E-state index is -0.742. The Labute approximate surface area is 206 Å². The Balaban J connectivity index is 1.53. The molecule has 1 fully saturated rings. The number of nitrogens with zero attached hydrogens (tertiary/aromatic N) is 1. The summed E-state index contributed by atoms with van der Waals surface area (Å²) in [6, 6.07) is 22.0. The van der Waals surface area contributed by atoms with E-state index in [0.717, 1.165) is 16.7 Å². The quantitative estimate of drug-likeness (QED) is 0.363. The highest BCUT2D eigenvalue weighted by Gasteiger charge is 2.39. The molecule has 1 saturated heterocycles. The van der Waals surface area contributed by atoms with Gasteiger partial charge in [-0.1, -0.05) is 55.5 Å². The molecule has 0 amide bonds. The molecular formula is C28H34N2O5. The first kappa shape index (κ1) is 25.2. The van der Waals surface area contributed by atoms with Crippen LogP contribution in [0.4, 0.5) is 5.69 Å². The van der Waals surface area contributed by atoms with Crippen molar-refractivity contribution in [2.75, 3.05) is 25.9 Å². The minimum Gasteiger partial charge on any atom is -0.508 e. The maximum Gasteiger partial charge on any atom is 0.185 e. The van der Waals surface area contributed by atoms with E-state index in [4.69, 9.17) is 15.2 Å². The van der Waals surface area contributed by atoms with Crippen LogP contribution in [0.1, 0.15) is 47.7 Å². The largest absolute Gasteiger partial charge is 0.508 e. The van der Waals surface area contributed by atoms with Crippen molar-refractivity contribution in [2.24, 2.45) is 5.92 Å². The van der Waals surface area contributed by atoms with Crippen LogP contribution in [0.2, 0.25) is 0 Å². The van der Waals surface area contributed by atoms with Crippen molar-refractivity contribution in [3.05, 3.63) is 95.1 Å². The van der Waals surface area contributed by atoms with Crippen molar-refractivity contribution in [3.8, 4) is 5.75 Å². The lowest BCUT2D eigenvalue weighted by Gasteiger charge is -2.42. The summed E-state index contributed by atoms with van der Waals surface area (Å²) < 4.78 is 12.9. The summed E-state index contributed by atoms with van der Waals surface area (Å²) in [7, 11) is 1.94. The van der Waals surface area contributed by atoms with Crippen LogP contribution in [-0.2, 0) is 16.1 Å². The average Bonchev–Trinajstić information content (AvgIpc) is 2.85. The second kappa shape index (κ2) is 11.2. The van der Waals surface area contributed by atoms with Crippen molar-refractivity contribution >= 4 is 5.69 Å². The van der Waals surface area contributed by atoms with Crippen molar-refractivity contribution < 1.29 is 24.8 Å². The molecule has 5 atom stereocenters. The smallest absolute Gasteiger partial charge is 0.185 e. The lowest BCUT2D eigenvalue weighted by atomic mass is 9.90. The Morgan fingerprint density at radius 2 is 1.71 bits per heavy atom. The van der Waals surface area contributed by atoms with Crippen LogP contribution < -0.4 is 5.73 Å². The number of benzene rings is 3. The van der Waals surface area contributed by atoms with Gasteiger partial charge < -0.3 is 35.4 Å². The predicted octanol–water partition coefficient (Wildman–Crippen LogP) is 3.92. The van der Waals surface area contributed by atoms with Crippen LogP contribution in [0.5, 0.6) is 5.75 Å². The molecule has 35 heavy (non-hydrogen) atoms. The second-order valence-corrected chi connectivity index (χ2v) is 9.32. The molecule has 1 aliphatic heterocycles. The number of hydrogen-bond acceptors (Lipinski definition) is 7. The minimum absolute atomic E-state index is 0.00861. The Morgan fingerprint density at radius 3 is 2.40 bits per heavy atom. The maximum atomic E-state index is 10.7. The van der Waals surface area contributed by atoms with Gasteiger partial charge in [-0.3, -0.25) is 0 Å². The van der Waals surface area contributed by atoms with Gasteiger partial charge in [0, 0.05) is 30.3 Å². The lowest BCUT2D eigenvalue weighted by molar-refractivity contribution is -0.276. The fourth-order valence-corrected chi connectivity index (χ4v) is 4.55. The van der Waals surface area contributed by atoms with Crippen molar-refractivity contribution in [1.29, 1.82) is 0 Å². The molecule has 5 N–H and O–H groups in total. The maximum absolute atomic E-state index is 10.7. The van der Waals surface area contributed by atoms with E-state index in [-0.39, 0.29) is 30.5 Å². The number of rotatable bonds is 8. The molecule has 0 aromatic heterocycles. The van der Waals surface area contributed by atoms with Gasteiger partial charge in [-0.25, -0.2) is 0 Å². The number of nitrogens with two attached hydrogens (primary N) is 1. The summed E-state index contributed by atoms with van der Waals surface area (Å²) in [6.45, 7) is 3.05. The highest BCUT2D eigenvalue weighted by molar-refractivity contribution is 5.41. The zero-order valence-corrected chi connectivity index (χ0v) is 20.1. The molecule has 0 bridgehead atoms. The Kier molecular flexibility index (Phi) is 8.05.